The summed E-state index contributed by atoms with van der Waals surface area (Å²) < 4.78 is 11.3. The molecule has 0 bridgehead atoms. The molecule has 0 aliphatic rings. The minimum atomic E-state index is -0.569. The molecule has 0 aromatic carbocycles. The van der Waals surface area contributed by atoms with Crippen molar-refractivity contribution in [2.24, 2.45) is 0 Å². The number of anilines is 1. The Bertz CT molecular complexity index is 988. The van der Waals surface area contributed by atoms with Gasteiger partial charge >= 0.3 is 6.09 Å². The molecular weight excluding hydrogens is 408 g/mol. The number of thiophene rings is 2. The van der Waals surface area contributed by atoms with Crippen molar-refractivity contribution in [1.82, 2.24) is 4.37 Å². The van der Waals surface area contributed by atoms with Gasteiger partial charge in [-0.2, -0.15) is 4.37 Å². The van der Waals surface area contributed by atoms with Gasteiger partial charge in [0.1, 0.15) is 16.1 Å². The second kappa shape index (κ2) is 8.64. The summed E-state index contributed by atoms with van der Waals surface area (Å²) in [5, 5.41) is 2.82. The van der Waals surface area contributed by atoms with Gasteiger partial charge in [-0.25, -0.2) is 4.79 Å². The lowest BCUT2D eigenvalue weighted by atomic mass is 10.1. The zero-order valence-electron chi connectivity index (χ0n) is 16.6. The third-order valence-electron chi connectivity index (χ3n) is 4.03. The van der Waals surface area contributed by atoms with Crippen LogP contribution in [0.25, 0.3) is 10.2 Å². The second-order valence-corrected chi connectivity index (χ2v) is 10.3. The maximum Gasteiger partial charge on any atom is 0.415 e. The first-order valence-electron chi connectivity index (χ1n) is 9.24. The van der Waals surface area contributed by atoms with Crippen LogP contribution in [0.1, 0.15) is 55.9 Å². The van der Waals surface area contributed by atoms with Crippen LogP contribution < -0.4 is 4.90 Å². The summed E-state index contributed by atoms with van der Waals surface area (Å²) in [5.41, 5.74) is 1.13. The molecule has 0 saturated heterocycles. The predicted octanol–water partition coefficient (Wildman–Crippen LogP) is 6.68. The summed E-state index contributed by atoms with van der Waals surface area (Å²) in [6, 6.07) is 4.01. The Kier molecular flexibility index (Phi) is 6.43. The normalized spacial score (nSPS) is 11.5. The maximum absolute atomic E-state index is 13.0. The highest BCUT2D eigenvalue weighted by molar-refractivity contribution is 7.25. The van der Waals surface area contributed by atoms with Gasteiger partial charge in [0, 0.05) is 9.75 Å². The van der Waals surface area contributed by atoms with Gasteiger partial charge in [-0.3, -0.25) is 4.90 Å². The fourth-order valence-electron chi connectivity index (χ4n) is 2.76. The van der Waals surface area contributed by atoms with Gasteiger partial charge in [0.2, 0.25) is 0 Å². The zero-order chi connectivity index (χ0) is 20.3. The first-order valence-corrected chi connectivity index (χ1v) is 11.7. The van der Waals surface area contributed by atoms with E-state index in [0.717, 1.165) is 44.9 Å². The average molecular weight is 433 g/mol. The number of unbranched alkanes of at least 4 members (excludes halogenated alkanes) is 1. The number of hydrogen-bond donors (Lipinski definition) is 0. The van der Waals surface area contributed by atoms with Crippen molar-refractivity contribution in [2.75, 3.05) is 4.90 Å². The Morgan fingerprint density at radius 2 is 2.18 bits per heavy atom. The number of aromatic nitrogens is 1. The Morgan fingerprint density at radius 3 is 2.79 bits per heavy atom. The monoisotopic (exact) mass is 432 g/mol. The van der Waals surface area contributed by atoms with E-state index in [1.165, 1.54) is 16.4 Å². The first kappa shape index (κ1) is 20.8. The largest absolute Gasteiger partial charge is 0.443 e. The topological polar surface area (TPSA) is 42.4 Å². The van der Waals surface area contributed by atoms with Crippen molar-refractivity contribution in [2.45, 2.75) is 59.1 Å². The van der Waals surface area contributed by atoms with Crippen LogP contribution in [0, 0.1) is 12.3 Å². The van der Waals surface area contributed by atoms with E-state index in [1.54, 1.807) is 27.6 Å². The lowest BCUT2D eigenvalue weighted by Gasteiger charge is -2.26. The molecule has 7 heteroatoms. The van der Waals surface area contributed by atoms with Crippen LogP contribution in [0.4, 0.5) is 9.80 Å². The van der Waals surface area contributed by atoms with Crippen molar-refractivity contribution >= 4 is 55.5 Å². The molecule has 0 aliphatic carbocycles. The highest BCUT2D eigenvalue weighted by atomic mass is 32.1. The molecule has 0 saturated carbocycles. The zero-order valence-corrected chi connectivity index (χ0v) is 19.0. The first-order chi connectivity index (χ1) is 13.3. The fraction of sp³-hybridized carbons (Fsp3) is 0.429. The summed E-state index contributed by atoms with van der Waals surface area (Å²) in [7, 11) is 0. The molecule has 0 radical (unpaired) electrons. The number of terminal acetylenes is 1. The van der Waals surface area contributed by atoms with Crippen LogP contribution in [0.3, 0.4) is 0 Å². The van der Waals surface area contributed by atoms with Crippen molar-refractivity contribution in [1.29, 1.82) is 0 Å². The smallest absolute Gasteiger partial charge is 0.415 e. The molecule has 0 unspecified atom stereocenters. The molecule has 4 nitrogen and oxygen atoms in total. The van der Waals surface area contributed by atoms with Gasteiger partial charge in [0.05, 0.1) is 16.8 Å². The van der Waals surface area contributed by atoms with Crippen molar-refractivity contribution in [3.05, 3.63) is 32.8 Å². The van der Waals surface area contributed by atoms with Crippen LogP contribution in [0.5, 0.6) is 0 Å². The van der Waals surface area contributed by atoms with Crippen LogP contribution in [0.15, 0.2) is 17.5 Å². The number of rotatable bonds is 6. The minimum absolute atomic E-state index is 0.364. The molecule has 148 valence electrons. The lowest BCUT2D eigenvalue weighted by molar-refractivity contribution is 0.0579. The molecule has 0 N–H and O–H groups in total. The van der Waals surface area contributed by atoms with Crippen molar-refractivity contribution < 1.29 is 9.53 Å². The molecule has 3 aromatic heterocycles. The number of hydrogen-bond acceptors (Lipinski definition) is 6. The van der Waals surface area contributed by atoms with E-state index in [0.29, 0.717) is 6.54 Å². The summed E-state index contributed by atoms with van der Waals surface area (Å²) in [4.78, 5) is 17.0. The third-order valence-corrected chi connectivity index (χ3v) is 7.14. The van der Waals surface area contributed by atoms with Gasteiger partial charge < -0.3 is 4.74 Å². The molecule has 3 rings (SSSR count). The average Bonchev–Trinajstić information content (AvgIpc) is 3.32. The SMILES string of the molecule is C#Cc1c(CCCC)sc2c(N(Cc3cccs3)C(=O)OC(C)(C)C)snc12. The van der Waals surface area contributed by atoms with Gasteiger partial charge in [0.15, 0.2) is 0 Å². The molecule has 3 heterocycles. The van der Waals surface area contributed by atoms with Crippen molar-refractivity contribution in [3.8, 4) is 12.3 Å². The highest BCUT2D eigenvalue weighted by Crippen LogP contribution is 2.42. The summed E-state index contributed by atoms with van der Waals surface area (Å²) in [6.45, 7) is 8.25. The molecule has 1 amide bonds. The van der Waals surface area contributed by atoms with E-state index in [-0.39, 0.29) is 6.09 Å². The number of amides is 1. The Labute approximate surface area is 178 Å². The van der Waals surface area contributed by atoms with E-state index >= 15 is 0 Å². The van der Waals surface area contributed by atoms with E-state index in [4.69, 9.17) is 11.2 Å². The molecule has 0 fully saturated rings. The Balaban J connectivity index is 2.03. The maximum atomic E-state index is 13.0. The molecule has 0 atom stereocenters. The van der Waals surface area contributed by atoms with Crippen LogP contribution in [0.2, 0.25) is 0 Å². The number of ether oxygens (including phenoxy) is 1. The molecule has 0 spiro atoms. The van der Waals surface area contributed by atoms with E-state index in [2.05, 4.69) is 17.2 Å². The number of carbonyl (C=O) groups excluding carboxylic acids is 1. The van der Waals surface area contributed by atoms with Crippen molar-refractivity contribution in [3.63, 3.8) is 0 Å². The standard InChI is InChI=1S/C21H24N2O2S3/c1-6-8-11-16-15(7-2)17-18(27-16)19(28-22-17)23(13-14-10-9-12-26-14)20(24)25-21(3,4)5/h2,9-10,12H,6,8,11,13H2,1,3-5H3. The van der Waals surface area contributed by atoms with Gasteiger partial charge in [0.25, 0.3) is 0 Å². The molecular formula is C21H24N2O2S3. The number of aryl methyl sites for hydroxylation is 1. The van der Waals surface area contributed by atoms with Gasteiger partial charge in [-0.05, 0) is 56.6 Å². The quantitative estimate of drug-likeness (QED) is 0.408. The molecule has 28 heavy (non-hydrogen) atoms. The second-order valence-electron chi connectivity index (χ2n) is 7.46. The number of carbonyl (C=O) groups is 1. The number of fused-ring (bicyclic) bond motifs is 1. The van der Waals surface area contributed by atoms with Crippen LogP contribution in [-0.2, 0) is 17.7 Å². The Morgan fingerprint density at radius 1 is 1.39 bits per heavy atom. The van der Waals surface area contributed by atoms with E-state index in [1.807, 2.05) is 38.3 Å². The summed E-state index contributed by atoms with van der Waals surface area (Å²) in [5.74, 6) is 2.81. The fourth-order valence-corrected chi connectivity index (χ4v) is 5.72. The Hall–Kier alpha value is -1.88. The van der Waals surface area contributed by atoms with Crippen LogP contribution in [-0.4, -0.2) is 16.1 Å². The number of nitrogens with zero attached hydrogens (tertiary/aromatic N) is 2. The molecule has 0 aliphatic heterocycles. The van der Waals surface area contributed by atoms with E-state index < -0.39 is 5.60 Å². The summed E-state index contributed by atoms with van der Waals surface area (Å²) in [6.07, 6.45) is 8.56. The van der Waals surface area contributed by atoms with E-state index in [9.17, 15) is 4.79 Å². The predicted molar refractivity (Wildman–Crippen MR) is 121 cm³/mol. The third kappa shape index (κ3) is 4.57. The minimum Gasteiger partial charge on any atom is -0.443 e. The van der Waals surface area contributed by atoms with Crippen LogP contribution >= 0.6 is 34.2 Å². The van der Waals surface area contributed by atoms with Gasteiger partial charge in [-0.1, -0.05) is 25.3 Å². The highest BCUT2D eigenvalue weighted by Gasteiger charge is 2.29. The van der Waals surface area contributed by atoms with Gasteiger partial charge in [-0.15, -0.1) is 29.1 Å². The molecule has 3 aromatic rings. The summed E-state index contributed by atoms with van der Waals surface area (Å²) >= 11 is 4.59. The lowest BCUT2D eigenvalue weighted by Crippen LogP contribution is -2.36.